The van der Waals surface area contributed by atoms with Crippen molar-refractivity contribution in [2.75, 3.05) is 11.5 Å². The number of hydrogen-bond donors (Lipinski definition) is 3. The molecule has 0 aliphatic carbocycles. The fourth-order valence-corrected chi connectivity index (χ4v) is 4.46. The molecular formula is C29H43N3O2S. The summed E-state index contributed by atoms with van der Waals surface area (Å²) in [5.74, 6) is 1.57. The van der Waals surface area contributed by atoms with E-state index in [4.69, 9.17) is 0 Å². The standard InChI is InChI=1S/C29H43N3O2S/c1-23(2)11-9-12-24(3)13-10-16-29(32-30-22-34)17-18-35-21-26(5)31-25(4)19-28(20-33)27-14-7-6-8-15-27/h6-8,11,13-15,17,20,22,26,28,31-32H,4,9-10,12,16,18-19,21H2,1-3,5H3,(H,30,34)/b24-13+,29-17-. The molecule has 5 nitrogen and oxygen atoms in total. The lowest BCUT2D eigenvalue weighted by Gasteiger charge is -2.19. The van der Waals surface area contributed by atoms with Crippen LogP contribution in [-0.4, -0.2) is 30.2 Å². The van der Waals surface area contributed by atoms with Crippen molar-refractivity contribution < 1.29 is 9.59 Å². The fraction of sp³-hybridized carbons (Fsp3) is 0.448. The number of allylic oxidation sites excluding steroid dienone is 6. The normalized spacial score (nSPS) is 13.4. The monoisotopic (exact) mass is 497 g/mol. The third-order valence-electron chi connectivity index (χ3n) is 5.41. The molecule has 0 saturated heterocycles. The molecule has 35 heavy (non-hydrogen) atoms. The van der Waals surface area contributed by atoms with Gasteiger partial charge in [-0.15, -0.1) is 0 Å². The molecule has 192 valence electrons. The summed E-state index contributed by atoms with van der Waals surface area (Å²) in [6.07, 6.45) is 12.9. The molecule has 1 rings (SSSR count). The molecule has 0 heterocycles. The van der Waals surface area contributed by atoms with E-state index in [9.17, 15) is 9.59 Å². The Morgan fingerprint density at radius 1 is 1.03 bits per heavy atom. The van der Waals surface area contributed by atoms with Gasteiger partial charge in [0.25, 0.3) is 0 Å². The van der Waals surface area contributed by atoms with Gasteiger partial charge in [0.2, 0.25) is 6.41 Å². The number of hydrogen-bond acceptors (Lipinski definition) is 5. The first-order chi connectivity index (χ1) is 16.8. The van der Waals surface area contributed by atoms with Gasteiger partial charge in [-0.1, -0.05) is 66.3 Å². The molecule has 0 saturated carbocycles. The second kappa shape index (κ2) is 18.6. The summed E-state index contributed by atoms with van der Waals surface area (Å²) in [6, 6.07) is 10.0. The van der Waals surface area contributed by atoms with Crippen molar-refractivity contribution in [3.8, 4) is 0 Å². The van der Waals surface area contributed by atoms with E-state index < -0.39 is 0 Å². The zero-order chi connectivity index (χ0) is 25.9. The van der Waals surface area contributed by atoms with Gasteiger partial charge in [0.15, 0.2) is 0 Å². The number of thioether (sulfide) groups is 1. The van der Waals surface area contributed by atoms with Crippen LogP contribution in [0.3, 0.4) is 0 Å². The number of benzene rings is 1. The van der Waals surface area contributed by atoms with E-state index in [-0.39, 0.29) is 12.0 Å². The lowest BCUT2D eigenvalue weighted by molar-refractivity contribution is -0.110. The summed E-state index contributed by atoms with van der Waals surface area (Å²) in [5.41, 5.74) is 11.2. The van der Waals surface area contributed by atoms with Crippen molar-refractivity contribution in [3.05, 3.63) is 83.2 Å². The Balaban J connectivity index is 2.42. The Kier molecular flexibility index (Phi) is 16.1. The molecule has 6 heteroatoms. The average molecular weight is 498 g/mol. The highest BCUT2D eigenvalue weighted by atomic mass is 32.2. The van der Waals surface area contributed by atoms with Crippen molar-refractivity contribution in [3.63, 3.8) is 0 Å². The Hall–Kier alpha value is -2.73. The number of amides is 1. The molecule has 2 atom stereocenters. The van der Waals surface area contributed by atoms with Crippen molar-refractivity contribution >= 4 is 24.5 Å². The molecule has 0 bridgehead atoms. The number of hydrazine groups is 1. The smallest absolute Gasteiger partial charge is 0.225 e. The second-order valence-corrected chi connectivity index (χ2v) is 10.1. The van der Waals surface area contributed by atoms with E-state index in [1.165, 1.54) is 11.1 Å². The van der Waals surface area contributed by atoms with E-state index in [0.717, 1.165) is 60.4 Å². The lowest BCUT2D eigenvalue weighted by Crippen LogP contribution is -2.30. The summed E-state index contributed by atoms with van der Waals surface area (Å²) < 4.78 is 0. The fourth-order valence-electron chi connectivity index (χ4n) is 3.57. The molecule has 0 radical (unpaired) electrons. The van der Waals surface area contributed by atoms with E-state index >= 15 is 0 Å². The van der Waals surface area contributed by atoms with E-state index in [1.54, 1.807) is 0 Å². The summed E-state index contributed by atoms with van der Waals surface area (Å²) in [4.78, 5) is 22.3. The Morgan fingerprint density at radius 3 is 2.40 bits per heavy atom. The van der Waals surface area contributed by atoms with Crippen LogP contribution in [0.5, 0.6) is 0 Å². The Morgan fingerprint density at radius 2 is 1.74 bits per heavy atom. The summed E-state index contributed by atoms with van der Waals surface area (Å²) in [6.45, 7) is 12.7. The molecule has 0 fully saturated rings. The molecule has 1 aromatic carbocycles. The summed E-state index contributed by atoms with van der Waals surface area (Å²) in [7, 11) is 0. The lowest BCUT2D eigenvalue weighted by atomic mass is 9.96. The van der Waals surface area contributed by atoms with E-state index in [0.29, 0.717) is 12.8 Å². The van der Waals surface area contributed by atoms with Crippen LogP contribution in [0, 0.1) is 0 Å². The third kappa shape index (κ3) is 15.0. The molecule has 0 aliphatic rings. The van der Waals surface area contributed by atoms with Gasteiger partial charge in [-0.05, 0) is 58.9 Å². The highest BCUT2D eigenvalue weighted by Gasteiger charge is 2.13. The minimum Gasteiger partial charge on any atom is -0.386 e. The van der Waals surface area contributed by atoms with E-state index in [2.05, 4.69) is 68.7 Å². The molecule has 0 spiro atoms. The van der Waals surface area contributed by atoms with Gasteiger partial charge in [-0.3, -0.25) is 10.2 Å². The molecule has 3 N–H and O–H groups in total. The first kappa shape index (κ1) is 30.3. The number of aldehydes is 1. The van der Waals surface area contributed by atoms with Crippen LogP contribution in [0.1, 0.15) is 71.3 Å². The predicted octanol–water partition coefficient (Wildman–Crippen LogP) is 6.19. The number of carbonyl (C=O) groups excluding carboxylic acids is 2. The van der Waals surface area contributed by atoms with Crippen LogP contribution < -0.4 is 16.2 Å². The number of carbonyl (C=O) groups is 2. The van der Waals surface area contributed by atoms with Gasteiger partial charge in [-0.2, -0.15) is 11.8 Å². The second-order valence-electron chi connectivity index (χ2n) is 9.07. The highest BCUT2D eigenvalue weighted by molar-refractivity contribution is 7.99. The minimum atomic E-state index is -0.178. The van der Waals surface area contributed by atoms with Gasteiger partial charge in [0.1, 0.15) is 6.29 Å². The zero-order valence-electron chi connectivity index (χ0n) is 21.8. The Labute approximate surface area is 216 Å². The molecule has 0 aliphatic heterocycles. The van der Waals surface area contributed by atoms with E-state index in [1.807, 2.05) is 42.1 Å². The van der Waals surface area contributed by atoms with Gasteiger partial charge in [-0.25, -0.2) is 0 Å². The molecule has 0 aromatic heterocycles. The van der Waals surface area contributed by atoms with Crippen molar-refractivity contribution in [1.82, 2.24) is 16.2 Å². The SMILES string of the molecule is C=C(CC(C=O)c1ccccc1)NC(C)CSC/C=C(/CC/C=C(\C)CCC=C(C)C)NNC=O. The van der Waals surface area contributed by atoms with Crippen LogP contribution in [-0.2, 0) is 9.59 Å². The molecular weight excluding hydrogens is 454 g/mol. The zero-order valence-corrected chi connectivity index (χ0v) is 22.6. The Bertz CT molecular complexity index is 858. The number of nitrogens with one attached hydrogen (secondary N) is 3. The maximum atomic E-state index is 11.5. The van der Waals surface area contributed by atoms with Crippen LogP contribution >= 0.6 is 11.8 Å². The van der Waals surface area contributed by atoms with Gasteiger partial charge < -0.3 is 15.5 Å². The quantitative estimate of drug-likeness (QED) is 0.0920. The predicted molar refractivity (Wildman–Crippen MR) is 151 cm³/mol. The van der Waals surface area contributed by atoms with Gasteiger partial charge in [0.05, 0.1) is 0 Å². The molecule has 1 amide bonds. The van der Waals surface area contributed by atoms with Gasteiger partial charge in [0, 0.05) is 41.3 Å². The van der Waals surface area contributed by atoms with Crippen molar-refractivity contribution in [2.45, 2.75) is 71.8 Å². The molecule has 2 unspecified atom stereocenters. The third-order valence-corrected chi connectivity index (χ3v) is 6.55. The van der Waals surface area contributed by atoms with Crippen LogP contribution in [0.25, 0.3) is 0 Å². The first-order valence-corrected chi connectivity index (χ1v) is 13.5. The summed E-state index contributed by atoms with van der Waals surface area (Å²) >= 11 is 1.81. The van der Waals surface area contributed by atoms with Crippen molar-refractivity contribution in [1.29, 1.82) is 0 Å². The molecule has 1 aromatic rings. The number of rotatable bonds is 19. The maximum absolute atomic E-state index is 11.5. The van der Waals surface area contributed by atoms with Crippen molar-refractivity contribution in [2.24, 2.45) is 0 Å². The maximum Gasteiger partial charge on any atom is 0.225 e. The minimum absolute atomic E-state index is 0.178. The average Bonchev–Trinajstić information content (AvgIpc) is 2.83. The first-order valence-electron chi connectivity index (χ1n) is 12.3. The topological polar surface area (TPSA) is 70.2 Å². The highest BCUT2D eigenvalue weighted by Crippen LogP contribution is 2.20. The van der Waals surface area contributed by atoms with Gasteiger partial charge >= 0.3 is 0 Å². The van der Waals surface area contributed by atoms with Crippen LogP contribution in [0.15, 0.2) is 77.7 Å². The van der Waals surface area contributed by atoms with Crippen LogP contribution in [0.4, 0.5) is 0 Å². The largest absolute Gasteiger partial charge is 0.386 e. The van der Waals surface area contributed by atoms with Crippen LogP contribution in [0.2, 0.25) is 0 Å². The summed E-state index contributed by atoms with van der Waals surface area (Å²) in [5, 5.41) is 3.43.